The molecule has 0 saturated heterocycles. The average Bonchev–Trinajstić information content (AvgIpc) is 2.02. The third-order valence-corrected chi connectivity index (χ3v) is 1.47. The van der Waals surface area contributed by atoms with Crippen LogP contribution < -0.4 is 0 Å². The van der Waals surface area contributed by atoms with Crippen molar-refractivity contribution in [3.8, 4) is 0 Å². The molecule has 4 nitrogen and oxygen atoms in total. The Morgan fingerprint density at radius 2 is 2.00 bits per heavy atom. The van der Waals surface area contributed by atoms with Crippen LogP contribution in [0.1, 0.15) is 19.8 Å². The van der Waals surface area contributed by atoms with Gasteiger partial charge in [0.15, 0.2) is 0 Å². The predicted molar refractivity (Wildman–Crippen MR) is 38.9 cm³/mol. The van der Waals surface area contributed by atoms with E-state index in [4.69, 9.17) is 10.2 Å². The summed E-state index contributed by atoms with van der Waals surface area (Å²) in [5.74, 6) is -0.509. The third kappa shape index (κ3) is 3.95. The maximum atomic E-state index is 10.5. The third-order valence-electron chi connectivity index (χ3n) is 1.47. The number of ether oxygens (including phenoxy) is 1. The molecule has 0 bridgehead atoms. The van der Waals surface area contributed by atoms with Crippen LogP contribution in [0, 0.1) is 0 Å². The molecule has 0 spiro atoms. The van der Waals surface area contributed by atoms with Crippen molar-refractivity contribution >= 4 is 5.97 Å². The summed E-state index contributed by atoms with van der Waals surface area (Å²) in [4.78, 5) is 10.5. The first-order valence-electron chi connectivity index (χ1n) is 3.54. The molecule has 0 rings (SSSR count). The number of rotatable bonds is 4. The Morgan fingerprint density at radius 3 is 2.36 bits per heavy atom. The van der Waals surface area contributed by atoms with E-state index in [0.29, 0.717) is 6.42 Å². The van der Waals surface area contributed by atoms with Gasteiger partial charge in [0.25, 0.3) is 0 Å². The predicted octanol–water partition coefficient (Wildman–Crippen LogP) is -0.319. The fourth-order valence-electron chi connectivity index (χ4n) is 0.662. The summed E-state index contributed by atoms with van der Waals surface area (Å²) in [6.45, 7) is 1.73. The number of carbonyl (C=O) groups is 1. The first kappa shape index (κ1) is 10.4. The van der Waals surface area contributed by atoms with Crippen molar-refractivity contribution in [2.75, 3.05) is 7.11 Å². The van der Waals surface area contributed by atoms with Crippen LogP contribution in [0.15, 0.2) is 0 Å². The van der Waals surface area contributed by atoms with E-state index in [1.807, 2.05) is 0 Å². The van der Waals surface area contributed by atoms with Crippen molar-refractivity contribution in [3.05, 3.63) is 0 Å². The van der Waals surface area contributed by atoms with Gasteiger partial charge in [0, 0.05) is 0 Å². The second-order valence-electron chi connectivity index (χ2n) is 2.32. The molecule has 0 aliphatic heterocycles. The lowest BCUT2D eigenvalue weighted by Crippen LogP contribution is -2.28. The molecule has 0 aliphatic rings. The number of carbonyl (C=O) groups excluding carboxylic acids is 1. The minimum atomic E-state index is -1.01. The van der Waals surface area contributed by atoms with Crippen LogP contribution in [0.2, 0.25) is 0 Å². The van der Waals surface area contributed by atoms with Gasteiger partial charge < -0.3 is 14.9 Å². The van der Waals surface area contributed by atoms with Gasteiger partial charge in [-0.3, -0.25) is 4.79 Å². The Morgan fingerprint density at radius 1 is 1.45 bits per heavy atom. The number of aliphatic hydroxyl groups is 2. The number of methoxy groups -OCH3 is 1. The summed E-state index contributed by atoms with van der Waals surface area (Å²) in [6.07, 6.45) is -1.56. The van der Waals surface area contributed by atoms with Gasteiger partial charge in [-0.15, -0.1) is 0 Å². The normalized spacial score (nSPS) is 15.6. The zero-order valence-electron chi connectivity index (χ0n) is 6.78. The first-order chi connectivity index (χ1) is 5.11. The Kier molecular flexibility index (Phi) is 4.81. The molecule has 0 radical (unpaired) electrons. The average molecular weight is 162 g/mol. The number of aliphatic hydroxyl groups excluding tert-OH is 2. The Balaban J connectivity index is 3.67. The summed E-state index contributed by atoms with van der Waals surface area (Å²) in [6, 6.07) is 0. The lowest BCUT2D eigenvalue weighted by atomic mass is 10.1. The summed E-state index contributed by atoms with van der Waals surface area (Å²) in [7, 11) is 1.24. The van der Waals surface area contributed by atoms with Crippen molar-refractivity contribution in [3.63, 3.8) is 0 Å². The van der Waals surface area contributed by atoms with Gasteiger partial charge in [0.05, 0.1) is 25.7 Å². The number of hydrogen-bond donors (Lipinski definition) is 2. The van der Waals surface area contributed by atoms with E-state index in [-0.39, 0.29) is 6.42 Å². The van der Waals surface area contributed by atoms with Crippen molar-refractivity contribution in [1.29, 1.82) is 0 Å². The molecule has 0 amide bonds. The van der Waals surface area contributed by atoms with E-state index in [1.165, 1.54) is 7.11 Å². The number of hydrogen-bond acceptors (Lipinski definition) is 4. The quantitative estimate of drug-likeness (QED) is 0.556. The molecule has 2 N–H and O–H groups in total. The summed E-state index contributed by atoms with van der Waals surface area (Å²) < 4.78 is 4.31. The maximum absolute atomic E-state index is 10.5. The van der Waals surface area contributed by atoms with Crippen molar-refractivity contribution in [1.82, 2.24) is 0 Å². The zero-order chi connectivity index (χ0) is 8.85. The molecule has 0 aromatic rings. The molecule has 0 aromatic heterocycles. The molecule has 2 atom stereocenters. The van der Waals surface area contributed by atoms with Crippen LogP contribution in [0.25, 0.3) is 0 Å². The summed E-state index contributed by atoms with van der Waals surface area (Å²) >= 11 is 0. The second-order valence-corrected chi connectivity index (χ2v) is 2.32. The largest absolute Gasteiger partial charge is 0.469 e. The lowest BCUT2D eigenvalue weighted by molar-refractivity contribution is -0.144. The van der Waals surface area contributed by atoms with E-state index in [2.05, 4.69) is 4.74 Å². The fraction of sp³-hybridized carbons (Fsp3) is 0.857. The van der Waals surface area contributed by atoms with Gasteiger partial charge in [-0.05, 0) is 6.42 Å². The Labute approximate surface area is 65.8 Å². The van der Waals surface area contributed by atoms with Crippen LogP contribution in [0.4, 0.5) is 0 Å². The molecule has 0 aromatic carbocycles. The molecular weight excluding hydrogens is 148 g/mol. The highest BCUT2D eigenvalue weighted by atomic mass is 16.5. The fourth-order valence-corrected chi connectivity index (χ4v) is 0.662. The molecule has 0 unspecified atom stereocenters. The summed E-state index contributed by atoms with van der Waals surface area (Å²) in [5.41, 5.74) is 0. The lowest BCUT2D eigenvalue weighted by Gasteiger charge is -2.13. The van der Waals surface area contributed by atoms with Gasteiger partial charge >= 0.3 is 5.97 Å². The molecule has 0 fully saturated rings. The second kappa shape index (κ2) is 5.09. The number of esters is 1. The van der Waals surface area contributed by atoms with Gasteiger partial charge in [0.2, 0.25) is 0 Å². The monoisotopic (exact) mass is 162 g/mol. The van der Waals surface area contributed by atoms with Crippen LogP contribution in [-0.2, 0) is 9.53 Å². The van der Waals surface area contributed by atoms with Gasteiger partial charge in [-0.2, -0.15) is 0 Å². The van der Waals surface area contributed by atoms with Gasteiger partial charge in [0.1, 0.15) is 0 Å². The van der Waals surface area contributed by atoms with E-state index in [1.54, 1.807) is 6.92 Å². The van der Waals surface area contributed by atoms with E-state index in [0.717, 1.165) is 0 Å². The smallest absolute Gasteiger partial charge is 0.308 e. The first-order valence-corrected chi connectivity index (χ1v) is 3.54. The van der Waals surface area contributed by atoms with Crippen molar-refractivity contribution in [2.24, 2.45) is 0 Å². The molecule has 0 saturated carbocycles. The standard InChI is InChI=1S/C7H14O4/c1-3-5(8)6(9)4-7(10)11-2/h5-6,8-9H,3-4H2,1-2H3/t5-,6-/m0/s1. The molecule has 0 heterocycles. The Hall–Kier alpha value is -0.610. The minimum absolute atomic E-state index is 0.147. The highest BCUT2D eigenvalue weighted by molar-refractivity contribution is 5.69. The van der Waals surface area contributed by atoms with E-state index in [9.17, 15) is 4.79 Å². The van der Waals surface area contributed by atoms with Crippen LogP contribution in [0.5, 0.6) is 0 Å². The highest BCUT2D eigenvalue weighted by Gasteiger charge is 2.17. The molecular formula is C7H14O4. The molecule has 4 heteroatoms. The molecule has 66 valence electrons. The minimum Gasteiger partial charge on any atom is -0.469 e. The van der Waals surface area contributed by atoms with Crippen LogP contribution in [-0.4, -0.2) is 35.5 Å². The molecule has 0 aliphatic carbocycles. The van der Waals surface area contributed by atoms with Crippen molar-refractivity contribution in [2.45, 2.75) is 32.0 Å². The SMILES string of the molecule is CC[C@H](O)[C@@H](O)CC(=O)OC. The highest BCUT2D eigenvalue weighted by Crippen LogP contribution is 2.03. The topological polar surface area (TPSA) is 66.8 Å². The van der Waals surface area contributed by atoms with Gasteiger partial charge in [-0.25, -0.2) is 0 Å². The van der Waals surface area contributed by atoms with E-state index < -0.39 is 18.2 Å². The molecule has 11 heavy (non-hydrogen) atoms. The van der Waals surface area contributed by atoms with Crippen molar-refractivity contribution < 1.29 is 19.7 Å². The Bertz CT molecular complexity index is 124. The van der Waals surface area contributed by atoms with Crippen LogP contribution in [0.3, 0.4) is 0 Å². The van der Waals surface area contributed by atoms with Crippen LogP contribution >= 0.6 is 0 Å². The maximum Gasteiger partial charge on any atom is 0.308 e. The van der Waals surface area contributed by atoms with Gasteiger partial charge in [-0.1, -0.05) is 6.92 Å². The summed E-state index contributed by atoms with van der Waals surface area (Å²) in [5, 5.41) is 18.1. The zero-order valence-corrected chi connectivity index (χ0v) is 6.78. The van der Waals surface area contributed by atoms with E-state index >= 15 is 0 Å².